The van der Waals surface area contributed by atoms with E-state index < -0.39 is 0 Å². The molecule has 0 heterocycles. The van der Waals surface area contributed by atoms with E-state index in [1.54, 1.807) is 31.2 Å². The van der Waals surface area contributed by atoms with Gasteiger partial charge in [0.1, 0.15) is 5.82 Å². The molecule has 3 N–H and O–H groups in total. The first-order valence-electron chi connectivity index (χ1n) is 5.60. The van der Waals surface area contributed by atoms with Crippen LogP contribution in [0, 0.1) is 12.7 Å². The Labute approximate surface area is 111 Å². The van der Waals surface area contributed by atoms with Crippen LogP contribution in [0.3, 0.4) is 0 Å². The van der Waals surface area contributed by atoms with Crippen molar-refractivity contribution < 1.29 is 4.39 Å². The van der Waals surface area contributed by atoms with Crippen molar-refractivity contribution in [1.29, 1.82) is 0 Å². The van der Waals surface area contributed by atoms with Gasteiger partial charge in [0.15, 0.2) is 0 Å². The number of benzene rings is 2. The molecule has 2 rings (SSSR count). The van der Waals surface area contributed by atoms with Gasteiger partial charge >= 0.3 is 0 Å². The van der Waals surface area contributed by atoms with Crippen LogP contribution in [0.1, 0.15) is 11.1 Å². The highest BCUT2D eigenvalue weighted by molar-refractivity contribution is 6.31. The maximum absolute atomic E-state index is 13.1. The summed E-state index contributed by atoms with van der Waals surface area (Å²) in [6.07, 6.45) is 0. The minimum atomic E-state index is -0.194. The largest absolute Gasteiger partial charge is 0.397 e. The summed E-state index contributed by atoms with van der Waals surface area (Å²) < 4.78 is 13.1. The fourth-order valence-corrected chi connectivity index (χ4v) is 1.87. The molecule has 0 amide bonds. The molecule has 2 nitrogen and oxygen atoms in total. The Morgan fingerprint density at radius 1 is 1.22 bits per heavy atom. The molecule has 0 saturated heterocycles. The van der Waals surface area contributed by atoms with Crippen molar-refractivity contribution in [2.24, 2.45) is 0 Å². The lowest BCUT2D eigenvalue weighted by atomic mass is 10.1. The van der Waals surface area contributed by atoms with Crippen LogP contribution in [0.2, 0.25) is 5.02 Å². The maximum Gasteiger partial charge on any atom is 0.126 e. The lowest BCUT2D eigenvalue weighted by Crippen LogP contribution is -2.03. The molecule has 18 heavy (non-hydrogen) atoms. The molecule has 0 aliphatic heterocycles. The third kappa shape index (κ3) is 2.93. The summed E-state index contributed by atoms with van der Waals surface area (Å²) in [5, 5.41) is 3.81. The number of hydrogen-bond acceptors (Lipinski definition) is 2. The molecule has 0 radical (unpaired) electrons. The minimum absolute atomic E-state index is 0.194. The summed E-state index contributed by atoms with van der Waals surface area (Å²) in [5.74, 6) is -0.194. The van der Waals surface area contributed by atoms with Crippen molar-refractivity contribution in [3.63, 3.8) is 0 Å². The van der Waals surface area contributed by atoms with Crippen LogP contribution < -0.4 is 11.1 Å². The molecule has 0 saturated carbocycles. The van der Waals surface area contributed by atoms with Crippen LogP contribution in [0.5, 0.6) is 0 Å². The molecule has 0 aliphatic carbocycles. The van der Waals surface area contributed by atoms with Crippen molar-refractivity contribution in [3.05, 3.63) is 58.4 Å². The molecule has 0 aliphatic rings. The number of nitrogen functional groups attached to an aromatic ring is 1. The number of aryl methyl sites for hydroxylation is 1. The predicted octanol–water partition coefficient (Wildman–Crippen LogP) is 3.98. The van der Waals surface area contributed by atoms with E-state index in [1.165, 1.54) is 6.07 Å². The van der Waals surface area contributed by atoms with E-state index in [1.807, 2.05) is 6.07 Å². The Morgan fingerprint density at radius 3 is 2.72 bits per heavy atom. The van der Waals surface area contributed by atoms with Gasteiger partial charge in [0.05, 0.1) is 11.4 Å². The van der Waals surface area contributed by atoms with Crippen LogP contribution in [-0.4, -0.2) is 0 Å². The van der Waals surface area contributed by atoms with E-state index in [0.717, 1.165) is 11.3 Å². The molecule has 0 aromatic heterocycles. The van der Waals surface area contributed by atoms with Gasteiger partial charge in [-0.25, -0.2) is 4.39 Å². The van der Waals surface area contributed by atoms with E-state index >= 15 is 0 Å². The van der Waals surface area contributed by atoms with Crippen molar-refractivity contribution in [2.75, 3.05) is 11.1 Å². The normalized spacial score (nSPS) is 10.4. The van der Waals surface area contributed by atoms with Gasteiger partial charge in [-0.15, -0.1) is 0 Å². The van der Waals surface area contributed by atoms with E-state index in [-0.39, 0.29) is 5.82 Å². The molecule has 2 aromatic carbocycles. The van der Waals surface area contributed by atoms with Crippen molar-refractivity contribution >= 4 is 23.0 Å². The zero-order chi connectivity index (χ0) is 13.1. The summed E-state index contributed by atoms with van der Waals surface area (Å²) in [4.78, 5) is 0. The lowest BCUT2D eigenvalue weighted by molar-refractivity contribution is 0.617. The Morgan fingerprint density at radius 2 is 2.00 bits per heavy atom. The van der Waals surface area contributed by atoms with Crippen LogP contribution in [0.15, 0.2) is 36.4 Å². The Bertz CT molecular complexity index is 570. The Balaban J connectivity index is 2.11. The van der Waals surface area contributed by atoms with E-state index in [9.17, 15) is 4.39 Å². The van der Waals surface area contributed by atoms with Gasteiger partial charge in [0.25, 0.3) is 0 Å². The quantitative estimate of drug-likeness (QED) is 0.823. The smallest absolute Gasteiger partial charge is 0.126 e. The number of nitrogens with one attached hydrogen (secondary N) is 1. The number of halogens is 2. The topological polar surface area (TPSA) is 38.0 Å². The van der Waals surface area contributed by atoms with Crippen LogP contribution in [0.4, 0.5) is 15.8 Å². The van der Waals surface area contributed by atoms with Gasteiger partial charge < -0.3 is 11.1 Å². The Hall–Kier alpha value is -1.74. The molecule has 0 spiro atoms. The summed E-state index contributed by atoms with van der Waals surface area (Å²) in [6.45, 7) is 2.32. The SMILES string of the molecule is Cc1cc(CNc2cc(Cl)ccc2N)ccc1F. The summed E-state index contributed by atoms with van der Waals surface area (Å²) in [7, 11) is 0. The van der Waals surface area contributed by atoms with Crippen LogP contribution in [0.25, 0.3) is 0 Å². The molecule has 4 heteroatoms. The summed E-state index contributed by atoms with van der Waals surface area (Å²) in [6, 6.07) is 10.3. The van der Waals surface area contributed by atoms with Gasteiger partial charge in [0, 0.05) is 11.6 Å². The first-order chi connectivity index (χ1) is 8.56. The average molecular weight is 265 g/mol. The van der Waals surface area contributed by atoms with Crippen LogP contribution in [-0.2, 0) is 6.54 Å². The lowest BCUT2D eigenvalue weighted by Gasteiger charge is -2.10. The van der Waals surface area contributed by atoms with Crippen molar-refractivity contribution in [2.45, 2.75) is 13.5 Å². The second kappa shape index (κ2) is 5.27. The Kier molecular flexibility index (Phi) is 3.72. The molecule has 94 valence electrons. The van der Waals surface area contributed by atoms with Gasteiger partial charge in [-0.1, -0.05) is 23.7 Å². The molecule has 0 atom stereocenters. The van der Waals surface area contributed by atoms with E-state index in [4.69, 9.17) is 17.3 Å². The minimum Gasteiger partial charge on any atom is -0.397 e. The van der Waals surface area contributed by atoms with E-state index in [2.05, 4.69) is 5.32 Å². The highest BCUT2D eigenvalue weighted by atomic mass is 35.5. The summed E-state index contributed by atoms with van der Waals surface area (Å²) >= 11 is 5.90. The molecule has 0 bridgehead atoms. The molecule has 0 unspecified atom stereocenters. The van der Waals surface area contributed by atoms with Gasteiger partial charge in [-0.3, -0.25) is 0 Å². The van der Waals surface area contributed by atoms with Crippen LogP contribution >= 0.6 is 11.6 Å². The van der Waals surface area contributed by atoms with Gasteiger partial charge in [-0.2, -0.15) is 0 Å². The zero-order valence-corrected chi connectivity index (χ0v) is 10.8. The highest BCUT2D eigenvalue weighted by Crippen LogP contribution is 2.23. The van der Waals surface area contributed by atoms with E-state index in [0.29, 0.717) is 22.8 Å². The second-order valence-corrected chi connectivity index (χ2v) is 4.61. The van der Waals surface area contributed by atoms with Crippen molar-refractivity contribution in [1.82, 2.24) is 0 Å². The highest BCUT2D eigenvalue weighted by Gasteiger charge is 2.02. The first-order valence-corrected chi connectivity index (χ1v) is 5.98. The number of rotatable bonds is 3. The third-order valence-corrected chi connectivity index (χ3v) is 2.96. The summed E-state index contributed by atoms with van der Waals surface area (Å²) in [5.41, 5.74) is 8.87. The fraction of sp³-hybridized carbons (Fsp3) is 0.143. The fourth-order valence-electron chi connectivity index (χ4n) is 1.70. The number of anilines is 2. The zero-order valence-electron chi connectivity index (χ0n) is 10.0. The maximum atomic E-state index is 13.1. The average Bonchev–Trinajstić information content (AvgIpc) is 2.34. The molecule has 2 aromatic rings. The van der Waals surface area contributed by atoms with Crippen molar-refractivity contribution in [3.8, 4) is 0 Å². The first kappa shape index (κ1) is 12.7. The molecule has 0 fully saturated rings. The second-order valence-electron chi connectivity index (χ2n) is 4.17. The predicted molar refractivity (Wildman–Crippen MR) is 74.3 cm³/mol. The third-order valence-electron chi connectivity index (χ3n) is 2.72. The molecular formula is C14H14ClFN2. The standard InChI is InChI=1S/C14H14ClFN2/c1-9-6-10(2-4-12(9)16)8-18-14-7-11(15)3-5-13(14)17/h2-7,18H,8,17H2,1H3. The van der Waals surface area contributed by atoms with Gasteiger partial charge in [-0.05, 0) is 42.3 Å². The number of hydrogen-bond donors (Lipinski definition) is 2. The molecular weight excluding hydrogens is 251 g/mol. The van der Waals surface area contributed by atoms with Gasteiger partial charge in [0.2, 0.25) is 0 Å². The monoisotopic (exact) mass is 264 g/mol. The number of nitrogens with two attached hydrogens (primary N) is 1.